The van der Waals surface area contributed by atoms with Gasteiger partial charge in [0.2, 0.25) is 0 Å². The maximum absolute atomic E-state index is 3.85. The van der Waals surface area contributed by atoms with Crippen molar-refractivity contribution < 1.29 is 0 Å². The van der Waals surface area contributed by atoms with Crippen LogP contribution < -0.4 is 10.4 Å². The summed E-state index contributed by atoms with van der Waals surface area (Å²) in [5, 5.41) is 6.49. The number of halogens is 2. The van der Waals surface area contributed by atoms with Crippen LogP contribution in [0.2, 0.25) is 10.1 Å². The number of benzene rings is 1. The summed E-state index contributed by atoms with van der Waals surface area (Å²) in [5.74, 6) is 0. The van der Waals surface area contributed by atoms with Gasteiger partial charge in [0, 0.05) is 10.7 Å². The van der Waals surface area contributed by atoms with E-state index < -0.39 is 0 Å². The van der Waals surface area contributed by atoms with Crippen LogP contribution in [0.15, 0.2) is 12.1 Å². The highest BCUT2D eigenvalue weighted by Crippen LogP contribution is 2.32. The second-order valence-corrected chi connectivity index (χ2v) is 18.8. The Kier molecular flexibility index (Phi) is 15.6. The fraction of sp³-hybridized carbons (Fsp3) is 0.786. The van der Waals surface area contributed by atoms with Gasteiger partial charge in [-0.3, -0.25) is 0 Å². The Morgan fingerprint density at radius 3 is 1.25 bits per heavy atom. The smallest absolute Gasteiger partial charge is 0.0608 e. The van der Waals surface area contributed by atoms with E-state index in [1.165, 1.54) is 77.0 Å². The molecule has 0 heterocycles. The van der Waals surface area contributed by atoms with E-state index in [1.807, 2.05) is 0 Å². The van der Waals surface area contributed by atoms with Gasteiger partial charge in [0.05, 0.1) is 19.0 Å². The van der Waals surface area contributed by atoms with Gasteiger partial charge < -0.3 is 0 Å². The lowest BCUT2D eigenvalue weighted by Crippen LogP contribution is -2.35. The molecule has 0 bridgehead atoms. The minimum absolute atomic E-state index is 0.309. The molecule has 0 spiro atoms. The molecule has 4 heteroatoms. The quantitative estimate of drug-likeness (QED) is 0.0901. The molecule has 0 radical (unpaired) electrons. The number of alkyl halides is 2. The second-order valence-electron chi connectivity index (χ2n) is 11.7. The van der Waals surface area contributed by atoms with Gasteiger partial charge in [0.1, 0.15) is 0 Å². The summed E-state index contributed by atoms with van der Waals surface area (Å²) >= 11 is 7.70. The molecule has 0 aromatic heterocycles. The lowest BCUT2D eigenvalue weighted by molar-refractivity contribution is 0.531. The minimum atomic E-state index is -0.309. The SMILES string of the molecule is CCCCCCCC(C)(C)[SiH2]c1cc(CBr)c([SiH2]C(C)(C)CCCCCCC)cc1CBr. The molecular weight excluding hydrogens is 552 g/mol. The van der Waals surface area contributed by atoms with Crippen LogP contribution in [0.1, 0.15) is 130 Å². The zero-order valence-corrected chi connectivity index (χ0v) is 28.2. The summed E-state index contributed by atoms with van der Waals surface area (Å²) in [5.41, 5.74) is 3.20. The molecule has 0 aliphatic carbocycles. The summed E-state index contributed by atoms with van der Waals surface area (Å²) in [6, 6.07) is 5.24. The lowest BCUT2D eigenvalue weighted by Gasteiger charge is -2.28. The first-order chi connectivity index (χ1) is 15.2. The Bertz CT molecular complexity index is 585. The fourth-order valence-corrected chi connectivity index (χ4v) is 11.3. The summed E-state index contributed by atoms with van der Waals surface area (Å²) < 4.78 is 0. The molecule has 0 saturated heterocycles. The molecule has 0 unspecified atom stereocenters. The average molecular weight is 605 g/mol. The first-order valence-electron chi connectivity index (χ1n) is 13.4. The largest absolute Gasteiger partial charge is 0.0876 e. The van der Waals surface area contributed by atoms with Crippen molar-refractivity contribution in [2.24, 2.45) is 0 Å². The fourth-order valence-electron chi connectivity index (χ4n) is 4.99. The molecule has 1 rings (SSSR count). The van der Waals surface area contributed by atoms with Crippen molar-refractivity contribution in [3.8, 4) is 0 Å². The average Bonchev–Trinajstić information content (AvgIpc) is 2.73. The molecule has 0 amide bonds. The highest BCUT2D eigenvalue weighted by molar-refractivity contribution is 9.08. The van der Waals surface area contributed by atoms with Crippen molar-refractivity contribution in [2.75, 3.05) is 0 Å². The molecular formula is C28H52Br2Si2. The molecule has 0 atom stereocenters. The Morgan fingerprint density at radius 1 is 0.594 bits per heavy atom. The Balaban J connectivity index is 2.84. The van der Waals surface area contributed by atoms with E-state index in [4.69, 9.17) is 0 Å². The predicted octanol–water partition coefficient (Wildman–Crippen LogP) is 8.18. The first-order valence-corrected chi connectivity index (χ1v) is 18.5. The van der Waals surface area contributed by atoms with Crippen LogP contribution in [0.25, 0.3) is 0 Å². The van der Waals surface area contributed by atoms with Gasteiger partial charge in [0.25, 0.3) is 0 Å². The van der Waals surface area contributed by atoms with Gasteiger partial charge in [-0.1, -0.05) is 173 Å². The van der Waals surface area contributed by atoms with Crippen molar-refractivity contribution in [1.29, 1.82) is 0 Å². The molecule has 0 saturated carbocycles. The van der Waals surface area contributed by atoms with Gasteiger partial charge in [-0.05, 0) is 21.2 Å². The highest BCUT2D eigenvalue weighted by atomic mass is 79.9. The zero-order valence-electron chi connectivity index (χ0n) is 22.2. The molecule has 0 nitrogen and oxygen atoms in total. The monoisotopic (exact) mass is 602 g/mol. The van der Waals surface area contributed by atoms with Gasteiger partial charge in [0.15, 0.2) is 0 Å². The lowest BCUT2D eigenvalue weighted by atomic mass is 10.0. The van der Waals surface area contributed by atoms with E-state index in [1.54, 1.807) is 21.5 Å². The van der Waals surface area contributed by atoms with E-state index in [0.29, 0.717) is 10.1 Å². The molecule has 0 aliphatic rings. The van der Waals surface area contributed by atoms with Crippen LogP contribution in [-0.2, 0) is 10.7 Å². The number of hydrogen-bond acceptors (Lipinski definition) is 0. The maximum atomic E-state index is 3.85. The summed E-state index contributed by atoms with van der Waals surface area (Å²) in [4.78, 5) is 0. The van der Waals surface area contributed by atoms with Crippen molar-refractivity contribution in [3.63, 3.8) is 0 Å². The van der Waals surface area contributed by atoms with Crippen LogP contribution in [0.4, 0.5) is 0 Å². The third-order valence-corrected chi connectivity index (χ3v) is 13.0. The Hall–Kier alpha value is 0.614. The zero-order chi connectivity index (χ0) is 24.0. The van der Waals surface area contributed by atoms with Crippen LogP contribution in [0.5, 0.6) is 0 Å². The van der Waals surface area contributed by atoms with Crippen molar-refractivity contribution in [2.45, 2.75) is 139 Å². The van der Waals surface area contributed by atoms with Gasteiger partial charge >= 0.3 is 0 Å². The van der Waals surface area contributed by atoms with Crippen LogP contribution >= 0.6 is 31.9 Å². The van der Waals surface area contributed by atoms with Crippen LogP contribution in [-0.4, -0.2) is 19.0 Å². The van der Waals surface area contributed by atoms with Gasteiger partial charge in [-0.2, -0.15) is 0 Å². The highest BCUT2D eigenvalue weighted by Gasteiger charge is 2.24. The second kappa shape index (κ2) is 16.3. The van der Waals surface area contributed by atoms with E-state index >= 15 is 0 Å². The van der Waals surface area contributed by atoms with E-state index in [2.05, 4.69) is 85.5 Å². The van der Waals surface area contributed by atoms with Gasteiger partial charge in [-0.25, -0.2) is 0 Å². The molecule has 1 aromatic carbocycles. The molecule has 0 N–H and O–H groups in total. The van der Waals surface area contributed by atoms with Crippen molar-refractivity contribution in [1.82, 2.24) is 0 Å². The van der Waals surface area contributed by atoms with E-state index in [9.17, 15) is 0 Å². The molecule has 0 aliphatic heterocycles. The third kappa shape index (κ3) is 12.4. The normalized spacial score (nSPS) is 13.2. The predicted molar refractivity (Wildman–Crippen MR) is 163 cm³/mol. The maximum Gasteiger partial charge on any atom is 0.0608 e. The summed E-state index contributed by atoms with van der Waals surface area (Å²) in [7, 11) is -0.617. The Morgan fingerprint density at radius 2 is 0.938 bits per heavy atom. The Labute approximate surface area is 222 Å². The minimum Gasteiger partial charge on any atom is -0.0876 e. The number of unbranched alkanes of at least 4 members (excludes halogenated alkanes) is 8. The number of hydrogen-bond donors (Lipinski definition) is 0. The first kappa shape index (κ1) is 30.6. The van der Waals surface area contributed by atoms with E-state index in [-0.39, 0.29) is 19.0 Å². The van der Waals surface area contributed by atoms with Crippen molar-refractivity contribution in [3.05, 3.63) is 23.3 Å². The standard InChI is InChI=1S/C28H52Br2Si2/c1-7-9-11-13-15-17-27(3,4)31-25-19-24(22-30)26(20-23(25)21-29)32-28(5,6)18-16-14-12-10-8-2/h19-20H,7-18,21-22,31-32H2,1-6H3. The molecule has 1 aromatic rings. The summed E-state index contributed by atoms with van der Waals surface area (Å²) in [6.45, 7) is 14.8. The van der Waals surface area contributed by atoms with Gasteiger partial charge in [-0.15, -0.1) is 0 Å². The topological polar surface area (TPSA) is 0 Å². The molecule has 186 valence electrons. The third-order valence-electron chi connectivity index (χ3n) is 7.06. The van der Waals surface area contributed by atoms with Crippen molar-refractivity contribution >= 4 is 61.3 Å². The number of rotatable bonds is 18. The molecule has 32 heavy (non-hydrogen) atoms. The summed E-state index contributed by atoms with van der Waals surface area (Å²) in [6.07, 6.45) is 16.8. The van der Waals surface area contributed by atoms with E-state index in [0.717, 1.165) is 10.7 Å². The van der Waals surface area contributed by atoms with Crippen LogP contribution in [0, 0.1) is 0 Å². The molecule has 0 fully saturated rings. The van der Waals surface area contributed by atoms with Crippen LogP contribution in [0.3, 0.4) is 0 Å².